The van der Waals surface area contributed by atoms with Gasteiger partial charge in [-0.15, -0.1) is 5.10 Å². The quantitative estimate of drug-likeness (QED) is 0.785. The van der Waals surface area contributed by atoms with Crippen molar-refractivity contribution in [3.63, 3.8) is 0 Å². The Morgan fingerprint density at radius 3 is 2.95 bits per heavy atom. The van der Waals surface area contributed by atoms with Gasteiger partial charge in [0.15, 0.2) is 0 Å². The van der Waals surface area contributed by atoms with Gasteiger partial charge in [-0.1, -0.05) is 36.0 Å². The molecule has 4 nitrogen and oxygen atoms in total. The van der Waals surface area contributed by atoms with E-state index in [4.69, 9.17) is 0 Å². The summed E-state index contributed by atoms with van der Waals surface area (Å²) < 4.78 is 4.13. The molecule has 2 aromatic heterocycles. The summed E-state index contributed by atoms with van der Waals surface area (Å²) in [4.78, 5) is 5.75. The summed E-state index contributed by atoms with van der Waals surface area (Å²) in [5.41, 5.74) is 3.27. The van der Waals surface area contributed by atoms with Crippen LogP contribution in [0.1, 0.15) is 35.5 Å². The standard InChI is InChI=1S/C16H18N4S/c1-3-6-14-16(21-20-19-14)15(17-2)12-9-11-7-4-5-8-13(11)18-10-12/h4-5,7-10,15,17H,3,6H2,1-2H3. The van der Waals surface area contributed by atoms with E-state index in [0.29, 0.717) is 0 Å². The zero-order chi connectivity index (χ0) is 14.7. The summed E-state index contributed by atoms with van der Waals surface area (Å²) in [5.74, 6) is 0. The first-order chi connectivity index (χ1) is 10.3. The zero-order valence-electron chi connectivity index (χ0n) is 12.2. The van der Waals surface area contributed by atoms with E-state index in [1.54, 1.807) is 0 Å². The summed E-state index contributed by atoms with van der Waals surface area (Å²) in [7, 11) is 1.97. The van der Waals surface area contributed by atoms with Crippen LogP contribution in [-0.4, -0.2) is 21.6 Å². The number of fused-ring (bicyclic) bond motifs is 1. The van der Waals surface area contributed by atoms with E-state index < -0.39 is 0 Å². The first-order valence-electron chi connectivity index (χ1n) is 7.16. The average Bonchev–Trinajstić information content (AvgIpc) is 2.97. The third-order valence-corrected chi connectivity index (χ3v) is 4.40. The van der Waals surface area contributed by atoms with Crippen LogP contribution in [0.2, 0.25) is 0 Å². The smallest absolute Gasteiger partial charge is 0.0807 e. The largest absolute Gasteiger partial charge is 0.309 e. The topological polar surface area (TPSA) is 50.7 Å². The molecule has 1 aromatic carbocycles. The highest BCUT2D eigenvalue weighted by atomic mass is 32.1. The Bertz CT molecular complexity index is 738. The van der Waals surface area contributed by atoms with E-state index in [-0.39, 0.29) is 6.04 Å². The fourth-order valence-electron chi connectivity index (χ4n) is 2.54. The Hall–Kier alpha value is -1.85. The number of nitrogens with one attached hydrogen (secondary N) is 1. The summed E-state index contributed by atoms with van der Waals surface area (Å²) in [5, 5.41) is 8.80. The van der Waals surface area contributed by atoms with Gasteiger partial charge < -0.3 is 5.32 Å². The third kappa shape index (κ3) is 2.80. The molecule has 0 amide bonds. The molecule has 0 aliphatic rings. The number of aryl methyl sites for hydroxylation is 1. The number of hydrogen-bond acceptors (Lipinski definition) is 5. The van der Waals surface area contributed by atoms with Crippen LogP contribution >= 0.6 is 11.5 Å². The van der Waals surface area contributed by atoms with Crippen LogP contribution in [0.3, 0.4) is 0 Å². The van der Waals surface area contributed by atoms with Crippen LogP contribution < -0.4 is 5.32 Å². The molecule has 108 valence electrons. The van der Waals surface area contributed by atoms with Crippen molar-refractivity contribution in [1.82, 2.24) is 19.9 Å². The van der Waals surface area contributed by atoms with Crippen molar-refractivity contribution in [2.24, 2.45) is 0 Å². The molecular formula is C16H18N4S. The van der Waals surface area contributed by atoms with E-state index in [2.05, 4.69) is 38.9 Å². The Labute approximate surface area is 128 Å². The molecular weight excluding hydrogens is 280 g/mol. The van der Waals surface area contributed by atoms with Crippen molar-refractivity contribution in [2.45, 2.75) is 25.8 Å². The Balaban J connectivity index is 2.03. The highest BCUT2D eigenvalue weighted by Gasteiger charge is 2.19. The van der Waals surface area contributed by atoms with Crippen molar-refractivity contribution in [3.8, 4) is 0 Å². The number of benzene rings is 1. The second-order valence-corrected chi connectivity index (χ2v) is 5.80. The monoisotopic (exact) mass is 298 g/mol. The SMILES string of the molecule is CCCc1nnsc1C(NC)c1cnc2ccccc2c1. The molecule has 0 aliphatic carbocycles. The Morgan fingerprint density at radius 2 is 2.14 bits per heavy atom. The molecule has 3 aromatic rings. The van der Waals surface area contributed by atoms with Crippen LogP contribution in [0.15, 0.2) is 36.5 Å². The Kier molecular flexibility index (Phi) is 4.22. The summed E-state index contributed by atoms with van der Waals surface area (Å²) >= 11 is 1.47. The highest BCUT2D eigenvalue weighted by molar-refractivity contribution is 7.05. The molecule has 5 heteroatoms. The van der Waals surface area contributed by atoms with Gasteiger partial charge in [-0.2, -0.15) is 0 Å². The molecule has 0 saturated carbocycles. The summed E-state index contributed by atoms with van der Waals surface area (Å²) in [6, 6.07) is 10.5. The molecule has 0 spiro atoms. The maximum Gasteiger partial charge on any atom is 0.0807 e. The molecule has 3 rings (SSSR count). The summed E-state index contributed by atoms with van der Waals surface area (Å²) in [6.45, 7) is 2.16. The lowest BCUT2D eigenvalue weighted by Gasteiger charge is -2.16. The first-order valence-corrected chi connectivity index (χ1v) is 7.94. The number of nitrogens with zero attached hydrogens (tertiary/aromatic N) is 3. The predicted octanol–water partition coefficient (Wildman–Crippen LogP) is 3.35. The van der Waals surface area contributed by atoms with Crippen molar-refractivity contribution in [3.05, 3.63) is 52.7 Å². The van der Waals surface area contributed by atoms with Gasteiger partial charge in [0.25, 0.3) is 0 Å². The van der Waals surface area contributed by atoms with Crippen LogP contribution in [0.4, 0.5) is 0 Å². The van der Waals surface area contributed by atoms with Gasteiger partial charge >= 0.3 is 0 Å². The predicted molar refractivity (Wildman–Crippen MR) is 86.5 cm³/mol. The van der Waals surface area contributed by atoms with E-state index in [0.717, 1.165) is 35.0 Å². The number of aromatic nitrogens is 3. The lowest BCUT2D eigenvalue weighted by molar-refractivity contribution is 0.687. The van der Waals surface area contributed by atoms with Crippen molar-refractivity contribution < 1.29 is 0 Å². The van der Waals surface area contributed by atoms with E-state index in [9.17, 15) is 0 Å². The molecule has 0 aliphatic heterocycles. The maximum absolute atomic E-state index is 4.56. The van der Waals surface area contributed by atoms with Gasteiger partial charge in [0, 0.05) is 11.6 Å². The van der Waals surface area contributed by atoms with Gasteiger partial charge in [0.05, 0.1) is 22.1 Å². The lowest BCUT2D eigenvalue weighted by atomic mass is 10.0. The molecule has 21 heavy (non-hydrogen) atoms. The molecule has 0 radical (unpaired) electrons. The minimum Gasteiger partial charge on any atom is -0.309 e. The van der Waals surface area contributed by atoms with Crippen LogP contribution in [0.25, 0.3) is 10.9 Å². The van der Waals surface area contributed by atoms with Gasteiger partial charge in [0.2, 0.25) is 0 Å². The summed E-state index contributed by atoms with van der Waals surface area (Å²) in [6.07, 6.45) is 3.98. The van der Waals surface area contributed by atoms with Gasteiger partial charge in [-0.25, -0.2) is 0 Å². The van der Waals surface area contributed by atoms with E-state index in [1.165, 1.54) is 16.4 Å². The van der Waals surface area contributed by atoms with Gasteiger partial charge in [0.1, 0.15) is 0 Å². The van der Waals surface area contributed by atoms with Gasteiger partial charge in [-0.05, 0) is 42.7 Å². The third-order valence-electron chi connectivity index (χ3n) is 3.57. The van der Waals surface area contributed by atoms with Crippen molar-refractivity contribution in [2.75, 3.05) is 7.05 Å². The number of para-hydroxylation sites is 1. The molecule has 1 unspecified atom stereocenters. The normalized spacial score (nSPS) is 12.7. The number of pyridine rings is 1. The number of rotatable bonds is 5. The molecule has 1 N–H and O–H groups in total. The molecule has 0 bridgehead atoms. The average molecular weight is 298 g/mol. The van der Waals surface area contributed by atoms with Crippen LogP contribution in [-0.2, 0) is 6.42 Å². The number of hydrogen-bond donors (Lipinski definition) is 1. The fraction of sp³-hybridized carbons (Fsp3) is 0.312. The minimum atomic E-state index is 0.101. The minimum absolute atomic E-state index is 0.101. The molecule has 0 saturated heterocycles. The first kappa shape index (κ1) is 14.1. The highest BCUT2D eigenvalue weighted by Crippen LogP contribution is 2.28. The van der Waals surface area contributed by atoms with Crippen LogP contribution in [0.5, 0.6) is 0 Å². The van der Waals surface area contributed by atoms with Crippen molar-refractivity contribution in [1.29, 1.82) is 0 Å². The van der Waals surface area contributed by atoms with E-state index >= 15 is 0 Å². The maximum atomic E-state index is 4.56. The molecule has 1 atom stereocenters. The fourth-order valence-corrected chi connectivity index (χ4v) is 3.37. The second-order valence-electron chi connectivity index (χ2n) is 5.02. The van der Waals surface area contributed by atoms with E-state index in [1.807, 2.05) is 31.4 Å². The Morgan fingerprint density at radius 1 is 1.29 bits per heavy atom. The van der Waals surface area contributed by atoms with Crippen molar-refractivity contribution >= 4 is 22.4 Å². The molecule has 0 fully saturated rings. The molecule has 2 heterocycles. The van der Waals surface area contributed by atoms with Crippen LogP contribution in [0, 0.1) is 0 Å². The van der Waals surface area contributed by atoms with Gasteiger partial charge in [-0.3, -0.25) is 4.98 Å². The second kappa shape index (κ2) is 6.28. The lowest BCUT2D eigenvalue weighted by Crippen LogP contribution is -2.18. The zero-order valence-corrected chi connectivity index (χ0v) is 13.0.